The summed E-state index contributed by atoms with van der Waals surface area (Å²) >= 11 is 0. The van der Waals surface area contributed by atoms with Gasteiger partial charge in [0.05, 0.1) is 5.75 Å². The molecule has 4 heteroatoms. The summed E-state index contributed by atoms with van der Waals surface area (Å²) in [5.74, 6) is 2.08. The SMILES string of the molecule is CC(C)CCCC(C)CCCC(C)CCCS(=O)(=O)O. The molecule has 2 atom stereocenters. The Balaban J connectivity index is 3.53. The molecule has 0 heterocycles. The topological polar surface area (TPSA) is 54.4 Å². The lowest BCUT2D eigenvalue weighted by atomic mass is 9.92. The summed E-state index contributed by atoms with van der Waals surface area (Å²) in [6.07, 6.45) is 9.14. The molecule has 0 aliphatic heterocycles. The number of hydrogen-bond donors (Lipinski definition) is 1. The summed E-state index contributed by atoms with van der Waals surface area (Å²) < 4.78 is 29.9. The maximum absolute atomic E-state index is 10.6. The summed E-state index contributed by atoms with van der Waals surface area (Å²) in [5, 5.41) is 0. The normalized spacial score (nSPS) is 15.5. The van der Waals surface area contributed by atoms with E-state index in [9.17, 15) is 8.42 Å². The maximum Gasteiger partial charge on any atom is 0.264 e. The highest BCUT2D eigenvalue weighted by atomic mass is 32.2. The van der Waals surface area contributed by atoms with E-state index in [4.69, 9.17) is 4.55 Å². The first kappa shape index (κ1) is 19.9. The maximum atomic E-state index is 10.6. The third-order valence-corrected chi connectivity index (χ3v) is 4.78. The van der Waals surface area contributed by atoms with E-state index in [1.165, 1.54) is 38.5 Å². The molecule has 0 aromatic heterocycles. The minimum atomic E-state index is -3.77. The highest BCUT2D eigenvalue weighted by Gasteiger charge is 2.09. The van der Waals surface area contributed by atoms with Gasteiger partial charge in [-0.05, 0) is 30.6 Å². The van der Waals surface area contributed by atoms with Gasteiger partial charge in [-0.1, -0.05) is 66.2 Å². The van der Waals surface area contributed by atoms with Crippen molar-refractivity contribution in [2.45, 2.75) is 79.1 Å². The van der Waals surface area contributed by atoms with E-state index in [1.54, 1.807) is 0 Å². The van der Waals surface area contributed by atoms with E-state index in [-0.39, 0.29) is 5.75 Å². The molecule has 1 N–H and O–H groups in total. The Bertz CT molecular complexity index is 323. The third kappa shape index (κ3) is 14.3. The van der Waals surface area contributed by atoms with Crippen molar-refractivity contribution in [1.82, 2.24) is 0 Å². The molecular weight excluding hydrogens is 272 g/mol. The molecule has 0 amide bonds. The van der Waals surface area contributed by atoms with Crippen molar-refractivity contribution >= 4 is 10.1 Å². The van der Waals surface area contributed by atoms with Crippen LogP contribution >= 0.6 is 0 Å². The van der Waals surface area contributed by atoms with Gasteiger partial charge in [-0.3, -0.25) is 4.55 Å². The van der Waals surface area contributed by atoms with Crippen LogP contribution in [-0.2, 0) is 10.1 Å². The van der Waals surface area contributed by atoms with Crippen LogP contribution in [0.25, 0.3) is 0 Å². The fourth-order valence-corrected chi connectivity index (χ4v) is 3.12. The van der Waals surface area contributed by atoms with Gasteiger partial charge in [-0.2, -0.15) is 8.42 Å². The minimum Gasteiger partial charge on any atom is -0.286 e. The molecule has 122 valence electrons. The van der Waals surface area contributed by atoms with Crippen LogP contribution < -0.4 is 0 Å². The van der Waals surface area contributed by atoms with E-state index in [0.29, 0.717) is 12.3 Å². The summed E-state index contributed by atoms with van der Waals surface area (Å²) in [6.45, 7) is 9.06. The molecule has 0 aliphatic rings. The molecule has 20 heavy (non-hydrogen) atoms. The minimum absolute atomic E-state index is 0.0943. The fraction of sp³-hybridized carbons (Fsp3) is 1.00. The fourth-order valence-electron chi connectivity index (χ4n) is 2.59. The van der Waals surface area contributed by atoms with Crippen molar-refractivity contribution < 1.29 is 13.0 Å². The Labute approximate surface area is 126 Å². The van der Waals surface area contributed by atoms with Gasteiger partial charge in [0.2, 0.25) is 0 Å². The van der Waals surface area contributed by atoms with Gasteiger partial charge in [0.1, 0.15) is 0 Å². The average molecular weight is 307 g/mol. The van der Waals surface area contributed by atoms with Crippen LogP contribution in [0.5, 0.6) is 0 Å². The molecular formula is C16H34O3S. The quantitative estimate of drug-likeness (QED) is 0.520. The van der Waals surface area contributed by atoms with E-state index in [0.717, 1.165) is 18.3 Å². The predicted molar refractivity (Wildman–Crippen MR) is 86.5 cm³/mol. The molecule has 0 spiro atoms. The molecule has 0 aromatic carbocycles. The highest BCUT2D eigenvalue weighted by molar-refractivity contribution is 7.85. The van der Waals surface area contributed by atoms with Gasteiger partial charge < -0.3 is 0 Å². The first-order chi connectivity index (χ1) is 9.20. The standard InChI is InChI=1S/C16H34O3S/c1-14(2)8-5-9-15(3)10-6-11-16(4)12-7-13-20(17,18)19/h14-16H,5-13H2,1-4H3,(H,17,18,19). The van der Waals surface area contributed by atoms with Gasteiger partial charge in [0.25, 0.3) is 10.1 Å². The number of hydrogen-bond acceptors (Lipinski definition) is 2. The van der Waals surface area contributed by atoms with Crippen LogP contribution in [0.3, 0.4) is 0 Å². The summed E-state index contributed by atoms with van der Waals surface area (Å²) in [6, 6.07) is 0. The third-order valence-electron chi connectivity index (χ3n) is 3.97. The Morgan fingerprint density at radius 2 is 1.15 bits per heavy atom. The van der Waals surface area contributed by atoms with Crippen molar-refractivity contribution in [3.63, 3.8) is 0 Å². The highest BCUT2D eigenvalue weighted by Crippen LogP contribution is 2.20. The van der Waals surface area contributed by atoms with Crippen LogP contribution in [0.1, 0.15) is 79.1 Å². The van der Waals surface area contributed by atoms with Crippen LogP contribution in [0.2, 0.25) is 0 Å². The van der Waals surface area contributed by atoms with Crippen molar-refractivity contribution in [1.29, 1.82) is 0 Å². The van der Waals surface area contributed by atoms with Crippen LogP contribution in [-0.4, -0.2) is 18.7 Å². The lowest BCUT2D eigenvalue weighted by Crippen LogP contribution is -2.06. The van der Waals surface area contributed by atoms with Crippen molar-refractivity contribution in [3.8, 4) is 0 Å². The zero-order chi connectivity index (χ0) is 15.6. The monoisotopic (exact) mass is 306 g/mol. The van der Waals surface area contributed by atoms with Crippen molar-refractivity contribution in [3.05, 3.63) is 0 Å². The number of rotatable bonds is 12. The molecule has 0 aliphatic carbocycles. The van der Waals surface area contributed by atoms with Gasteiger partial charge in [-0.15, -0.1) is 0 Å². The molecule has 0 rings (SSSR count). The van der Waals surface area contributed by atoms with E-state index in [1.807, 2.05) is 0 Å². The van der Waals surface area contributed by atoms with E-state index < -0.39 is 10.1 Å². The molecule has 0 bridgehead atoms. The second kappa shape index (κ2) is 10.6. The van der Waals surface area contributed by atoms with E-state index in [2.05, 4.69) is 27.7 Å². The van der Waals surface area contributed by atoms with Crippen molar-refractivity contribution in [2.24, 2.45) is 17.8 Å². The molecule has 3 nitrogen and oxygen atoms in total. The summed E-state index contributed by atoms with van der Waals surface area (Å²) in [5.41, 5.74) is 0. The lowest BCUT2D eigenvalue weighted by Gasteiger charge is -2.14. The zero-order valence-corrected chi connectivity index (χ0v) is 14.6. The Kier molecular flexibility index (Phi) is 10.6. The largest absolute Gasteiger partial charge is 0.286 e. The first-order valence-electron chi connectivity index (χ1n) is 8.16. The second-order valence-electron chi connectivity index (χ2n) is 6.89. The van der Waals surface area contributed by atoms with Crippen LogP contribution in [0.4, 0.5) is 0 Å². The van der Waals surface area contributed by atoms with Gasteiger partial charge in [0, 0.05) is 0 Å². The molecule has 0 aromatic rings. The average Bonchev–Trinajstić information content (AvgIpc) is 2.26. The van der Waals surface area contributed by atoms with Crippen molar-refractivity contribution in [2.75, 3.05) is 5.75 Å². The molecule has 2 unspecified atom stereocenters. The second-order valence-corrected chi connectivity index (χ2v) is 8.47. The van der Waals surface area contributed by atoms with Crippen LogP contribution in [0.15, 0.2) is 0 Å². The Morgan fingerprint density at radius 3 is 1.55 bits per heavy atom. The first-order valence-corrected chi connectivity index (χ1v) is 9.76. The molecule has 0 fully saturated rings. The molecule has 0 saturated carbocycles. The summed E-state index contributed by atoms with van der Waals surface area (Å²) in [7, 11) is -3.77. The molecule has 0 radical (unpaired) electrons. The zero-order valence-electron chi connectivity index (χ0n) is 13.8. The smallest absolute Gasteiger partial charge is 0.264 e. The van der Waals surface area contributed by atoms with Gasteiger partial charge in [-0.25, -0.2) is 0 Å². The lowest BCUT2D eigenvalue weighted by molar-refractivity contribution is 0.390. The Hall–Kier alpha value is -0.0900. The van der Waals surface area contributed by atoms with Crippen LogP contribution in [0, 0.1) is 17.8 Å². The molecule has 0 saturated heterocycles. The predicted octanol–water partition coefficient (Wildman–Crippen LogP) is 4.92. The Morgan fingerprint density at radius 1 is 0.750 bits per heavy atom. The van der Waals surface area contributed by atoms with Gasteiger partial charge in [0.15, 0.2) is 0 Å². The van der Waals surface area contributed by atoms with Gasteiger partial charge >= 0.3 is 0 Å². The van der Waals surface area contributed by atoms with E-state index >= 15 is 0 Å². The summed E-state index contributed by atoms with van der Waals surface area (Å²) in [4.78, 5) is 0.